The molecule has 35 heavy (non-hydrogen) atoms. The predicted octanol–water partition coefficient (Wildman–Crippen LogP) is 4.66. The minimum atomic E-state index is -4.89. The van der Waals surface area contributed by atoms with E-state index in [2.05, 4.69) is 25.5 Å². The fourth-order valence-corrected chi connectivity index (χ4v) is 3.87. The molecular formula is C23H21F5N6O. The summed E-state index contributed by atoms with van der Waals surface area (Å²) in [5.41, 5.74) is 4.56. The summed E-state index contributed by atoms with van der Waals surface area (Å²) < 4.78 is 69.9. The topological polar surface area (TPSA) is 96.2 Å². The Morgan fingerprint density at radius 1 is 1.09 bits per heavy atom. The Balaban J connectivity index is 1.73. The Hall–Kier alpha value is -3.80. The highest BCUT2D eigenvalue weighted by Gasteiger charge is 2.36. The molecule has 0 saturated heterocycles. The van der Waals surface area contributed by atoms with Crippen LogP contribution in [0.3, 0.4) is 0 Å². The van der Waals surface area contributed by atoms with E-state index in [4.69, 9.17) is 5.73 Å². The zero-order valence-corrected chi connectivity index (χ0v) is 18.7. The van der Waals surface area contributed by atoms with E-state index in [1.165, 1.54) is 13.0 Å². The van der Waals surface area contributed by atoms with Crippen LogP contribution in [-0.4, -0.2) is 34.4 Å². The number of alkyl halides is 3. The number of primary amides is 1. The van der Waals surface area contributed by atoms with E-state index in [0.29, 0.717) is 13.0 Å². The van der Waals surface area contributed by atoms with Crippen molar-refractivity contribution < 1.29 is 26.7 Å². The van der Waals surface area contributed by atoms with Gasteiger partial charge in [-0.05, 0) is 61.3 Å². The summed E-state index contributed by atoms with van der Waals surface area (Å²) in [6, 6.07) is 4.66. The lowest BCUT2D eigenvalue weighted by atomic mass is 9.99. The average Bonchev–Trinajstić information content (AvgIpc) is 2.75. The number of rotatable bonds is 5. The van der Waals surface area contributed by atoms with Crippen molar-refractivity contribution in [3.8, 4) is 0 Å². The number of aromatic nitrogens is 2. The van der Waals surface area contributed by atoms with Crippen molar-refractivity contribution in [2.45, 2.75) is 26.1 Å². The Morgan fingerprint density at radius 2 is 1.83 bits per heavy atom. The molecule has 1 aliphatic heterocycles. The molecule has 0 aliphatic carbocycles. The molecule has 4 rings (SSSR count). The molecule has 1 aliphatic rings. The van der Waals surface area contributed by atoms with E-state index >= 15 is 0 Å². The van der Waals surface area contributed by atoms with Gasteiger partial charge in [0.2, 0.25) is 5.95 Å². The van der Waals surface area contributed by atoms with Crippen LogP contribution < -0.4 is 16.4 Å². The number of carbonyl (C=O) groups excluding carboxylic acids is 1. The van der Waals surface area contributed by atoms with Crippen LogP contribution in [0.15, 0.2) is 30.5 Å². The third-order valence-corrected chi connectivity index (χ3v) is 5.58. The molecule has 0 radical (unpaired) electrons. The summed E-state index contributed by atoms with van der Waals surface area (Å²) >= 11 is 0. The zero-order valence-electron chi connectivity index (χ0n) is 18.7. The molecule has 3 aromatic rings. The highest BCUT2D eigenvalue weighted by Crippen LogP contribution is 2.38. The second kappa shape index (κ2) is 9.10. The molecule has 0 unspecified atom stereocenters. The van der Waals surface area contributed by atoms with E-state index < -0.39 is 40.8 Å². The highest BCUT2D eigenvalue weighted by atomic mass is 19.4. The van der Waals surface area contributed by atoms with E-state index in [9.17, 15) is 26.7 Å². The quantitative estimate of drug-likeness (QED) is 0.449. The van der Waals surface area contributed by atoms with E-state index in [1.807, 2.05) is 7.05 Å². The van der Waals surface area contributed by atoms with Gasteiger partial charge < -0.3 is 21.3 Å². The maximum absolute atomic E-state index is 14.7. The summed E-state index contributed by atoms with van der Waals surface area (Å²) in [5.74, 6) is -3.54. The molecule has 1 aromatic heterocycles. The smallest absolute Gasteiger partial charge is 0.365 e. The second-order valence-electron chi connectivity index (χ2n) is 8.33. The van der Waals surface area contributed by atoms with Gasteiger partial charge in [-0.2, -0.15) is 18.2 Å². The number of nitrogens with one attached hydrogen (secondary N) is 2. The number of amides is 1. The summed E-state index contributed by atoms with van der Waals surface area (Å²) in [5, 5.41) is 4.91. The Labute approximate surface area is 197 Å². The molecule has 184 valence electrons. The average molecular weight is 492 g/mol. The van der Waals surface area contributed by atoms with Gasteiger partial charge in [-0.1, -0.05) is 0 Å². The first-order valence-corrected chi connectivity index (χ1v) is 10.5. The van der Waals surface area contributed by atoms with Gasteiger partial charge in [-0.15, -0.1) is 0 Å². The number of halogens is 5. The van der Waals surface area contributed by atoms with Crippen molar-refractivity contribution in [3.05, 3.63) is 69.9 Å². The molecule has 4 N–H and O–H groups in total. The van der Waals surface area contributed by atoms with Crippen LogP contribution in [0.4, 0.5) is 45.1 Å². The largest absolute Gasteiger partial charge is 0.418 e. The highest BCUT2D eigenvalue weighted by molar-refractivity contribution is 5.98. The van der Waals surface area contributed by atoms with E-state index in [1.54, 1.807) is 6.07 Å². The fourth-order valence-electron chi connectivity index (χ4n) is 3.87. The van der Waals surface area contributed by atoms with Gasteiger partial charge in [0.05, 0.1) is 16.9 Å². The molecular weight excluding hydrogens is 471 g/mol. The number of likely N-dealkylation sites (N-methyl/N-ethyl adjacent to an activating group) is 1. The maximum Gasteiger partial charge on any atom is 0.418 e. The molecule has 0 spiro atoms. The van der Waals surface area contributed by atoms with Gasteiger partial charge in [-0.25, -0.2) is 13.8 Å². The van der Waals surface area contributed by atoms with Crippen LogP contribution in [0.5, 0.6) is 0 Å². The van der Waals surface area contributed by atoms with Crippen molar-refractivity contribution in [2.75, 3.05) is 24.2 Å². The maximum atomic E-state index is 14.7. The lowest BCUT2D eigenvalue weighted by molar-refractivity contribution is -0.137. The number of hydrogen-bond acceptors (Lipinski definition) is 6. The summed E-state index contributed by atoms with van der Waals surface area (Å²) in [6.45, 7) is 2.71. The number of carbonyl (C=O) groups is 1. The standard InChI is InChI=1S/C23H21F5N6O/c1-11-5-15(23(26,27)28)19(17(25)6-11)32-21-14(20(29)35)9-30-22(33-21)31-18-8-13-10-34(2)4-3-12(13)7-16(18)24/h5-9H,3-4,10H2,1-2H3,(H2,29,35)(H2,30,31,32,33). The van der Waals surface area contributed by atoms with Crippen LogP contribution in [0.25, 0.3) is 0 Å². The number of benzene rings is 2. The van der Waals surface area contributed by atoms with Gasteiger partial charge in [0.1, 0.15) is 23.0 Å². The summed E-state index contributed by atoms with van der Waals surface area (Å²) in [6.07, 6.45) is -3.25. The molecule has 2 heterocycles. The van der Waals surface area contributed by atoms with Gasteiger partial charge in [0, 0.05) is 19.3 Å². The van der Waals surface area contributed by atoms with Crippen molar-refractivity contribution in [1.82, 2.24) is 14.9 Å². The first-order chi connectivity index (χ1) is 16.4. The van der Waals surface area contributed by atoms with Crippen molar-refractivity contribution in [2.24, 2.45) is 5.73 Å². The lowest BCUT2D eigenvalue weighted by Gasteiger charge is -2.25. The third kappa shape index (κ3) is 5.16. The van der Waals surface area contributed by atoms with E-state index in [0.717, 1.165) is 36.0 Å². The van der Waals surface area contributed by atoms with Crippen LogP contribution in [-0.2, 0) is 19.1 Å². The lowest BCUT2D eigenvalue weighted by Crippen LogP contribution is -2.26. The zero-order chi connectivity index (χ0) is 25.5. The fraction of sp³-hybridized carbons (Fsp3) is 0.261. The SMILES string of the molecule is Cc1cc(F)c(Nc2nc(Nc3cc4c(cc3F)CCN(C)C4)ncc2C(N)=O)c(C(F)(F)F)c1. The van der Waals surface area contributed by atoms with E-state index in [-0.39, 0.29) is 22.8 Å². The van der Waals surface area contributed by atoms with Gasteiger partial charge in [0.15, 0.2) is 0 Å². The summed E-state index contributed by atoms with van der Waals surface area (Å²) in [4.78, 5) is 21.8. The molecule has 0 fully saturated rings. The first kappa shape index (κ1) is 24.3. The van der Waals surface area contributed by atoms with Gasteiger partial charge >= 0.3 is 6.18 Å². The second-order valence-corrected chi connectivity index (χ2v) is 8.33. The number of nitrogens with zero attached hydrogens (tertiary/aromatic N) is 3. The van der Waals surface area contributed by atoms with Crippen LogP contribution >= 0.6 is 0 Å². The molecule has 12 heteroatoms. The van der Waals surface area contributed by atoms with Crippen LogP contribution in [0, 0.1) is 18.6 Å². The molecule has 0 atom stereocenters. The normalized spacial score (nSPS) is 13.9. The van der Waals surface area contributed by atoms with Gasteiger partial charge in [0.25, 0.3) is 5.91 Å². The minimum absolute atomic E-state index is 0.0364. The minimum Gasteiger partial charge on any atom is -0.365 e. The number of fused-ring (bicyclic) bond motifs is 1. The first-order valence-electron chi connectivity index (χ1n) is 10.5. The number of anilines is 4. The third-order valence-electron chi connectivity index (χ3n) is 5.58. The molecule has 0 bridgehead atoms. The van der Waals surface area contributed by atoms with Crippen molar-refractivity contribution in [1.29, 1.82) is 0 Å². The molecule has 1 amide bonds. The van der Waals surface area contributed by atoms with Crippen molar-refractivity contribution in [3.63, 3.8) is 0 Å². The molecule has 7 nitrogen and oxygen atoms in total. The van der Waals surface area contributed by atoms with Crippen LogP contribution in [0.2, 0.25) is 0 Å². The monoisotopic (exact) mass is 492 g/mol. The number of aryl methyl sites for hydroxylation is 1. The predicted molar refractivity (Wildman–Crippen MR) is 120 cm³/mol. The molecule has 2 aromatic carbocycles. The summed E-state index contributed by atoms with van der Waals surface area (Å²) in [7, 11) is 1.93. The van der Waals surface area contributed by atoms with Crippen molar-refractivity contribution >= 4 is 29.0 Å². The molecule has 0 saturated carbocycles. The van der Waals surface area contributed by atoms with Gasteiger partial charge in [-0.3, -0.25) is 4.79 Å². The van der Waals surface area contributed by atoms with Crippen LogP contribution in [0.1, 0.15) is 32.6 Å². The number of nitrogens with two attached hydrogens (primary N) is 1. The Bertz CT molecular complexity index is 1310. The Kier molecular flexibility index (Phi) is 6.32. The number of hydrogen-bond donors (Lipinski definition) is 3. The Morgan fingerprint density at radius 3 is 2.51 bits per heavy atom.